The van der Waals surface area contributed by atoms with Crippen molar-refractivity contribution >= 4 is 64.2 Å². The molecule has 1 aromatic rings. The van der Waals surface area contributed by atoms with Gasteiger partial charge in [-0.25, -0.2) is 0 Å². The Morgan fingerprint density at radius 2 is 1.57 bits per heavy atom. The first-order chi connectivity index (χ1) is 18.9. The third kappa shape index (κ3) is 6.54. The molecule has 15 heteroatoms. The highest BCUT2D eigenvalue weighted by Gasteiger charge is 2.56. The van der Waals surface area contributed by atoms with E-state index in [0.29, 0.717) is 17.1 Å². The number of amides is 1. The third-order valence-electron chi connectivity index (χ3n) is 5.74. The molecule has 0 bridgehead atoms. The topological polar surface area (TPSA) is 153 Å². The van der Waals surface area contributed by atoms with Gasteiger partial charge in [-0.3, -0.25) is 28.9 Å². The highest BCUT2D eigenvalue weighted by molar-refractivity contribution is 8.26. The van der Waals surface area contributed by atoms with E-state index in [1.54, 1.807) is 24.3 Å². The lowest BCUT2D eigenvalue weighted by Crippen LogP contribution is -2.66. The van der Waals surface area contributed by atoms with E-state index >= 15 is 0 Å². The van der Waals surface area contributed by atoms with Crippen LogP contribution in [0, 0.1) is 0 Å². The summed E-state index contributed by atoms with van der Waals surface area (Å²) in [7, 11) is 0. The Bertz CT molecular complexity index is 1280. The zero-order valence-electron chi connectivity index (χ0n) is 21.8. The van der Waals surface area contributed by atoms with Gasteiger partial charge in [-0.05, 0) is 23.8 Å². The molecule has 1 amide bonds. The van der Waals surface area contributed by atoms with Crippen molar-refractivity contribution < 1.29 is 57.1 Å². The number of carbonyl (C=O) groups excluding carboxylic acids is 5. The van der Waals surface area contributed by atoms with Crippen LogP contribution in [0.4, 0.5) is 0 Å². The number of thioether (sulfide) groups is 1. The fourth-order valence-corrected chi connectivity index (χ4v) is 5.58. The maximum absolute atomic E-state index is 13.6. The van der Waals surface area contributed by atoms with Crippen molar-refractivity contribution in [2.75, 3.05) is 13.4 Å². The van der Waals surface area contributed by atoms with Crippen molar-refractivity contribution in [1.29, 1.82) is 0 Å². The van der Waals surface area contributed by atoms with Crippen LogP contribution in [0.2, 0.25) is 0 Å². The molecule has 3 heterocycles. The second-order valence-electron chi connectivity index (χ2n) is 8.75. The minimum Gasteiger partial charge on any atom is -0.463 e. The van der Waals surface area contributed by atoms with E-state index in [2.05, 4.69) is 0 Å². The van der Waals surface area contributed by atoms with Crippen molar-refractivity contribution in [2.24, 2.45) is 0 Å². The standard InChI is InChI=1S/C25H25NO12S2/c1-11(27)32-9-18-20(35-12(2)28)21(36-13(3)29)22(37-14(4)30)24(38-18)26-23(31)19(40-25(26)39)8-15-5-6-16-17(7-15)34-10-33-16/h5-8,18,20-22,24H,9-10H2,1-4H3/b19-8+/t18-,20-,21+,22+,24-/m0/s1. The van der Waals surface area contributed by atoms with Crippen LogP contribution < -0.4 is 9.47 Å². The predicted octanol–water partition coefficient (Wildman–Crippen LogP) is 1.70. The number of esters is 4. The largest absolute Gasteiger partial charge is 0.463 e. The molecule has 0 N–H and O–H groups in total. The number of benzene rings is 1. The number of rotatable bonds is 7. The van der Waals surface area contributed by atoms with Gasteiger partial charge in [0.15, 0.2) is 40.4 Å². The van der Waals surface area contributed by atoms with Gasteiger partial charge in [0, 0.05) is 27.7 Å². The third-order valence-corrected chi connectivity index (χ3v) is 7.07. The Labute approximate surface area is 238 Å². The molecule has 0 aromatic heterocycles. The van der Waals surface area contributed by atoms with Gasteiger partial charge in [0.25, 0.3) is 5.91 Å². The summed E-state index contributed by atoms with van der Waals surface area (Å²) < 4.78 is 38.2. The minimum atomic E-state index is -1.47. The molecule has 0 aliphatic carbocycles. The van der Waals surface area contributed by atoms with E-state index in [4.69, 9.17) is 45.4 Å². The average molecular weight is 596 g/mol. The Balaban J connectivity index is 1.71. The van der Waals surface area contributed by atoms with E-state index < -0.39 is 67.0 Å². The first kappa shape index (κ1) is 29.3. The lowest BCUT2D eigenvalue weighted by molar-refractivity contribution is -0.268. The van der Waals surface area contributed by atoms with Crippen LogP contribution in [-0.2, 0) is 47.7 Å². The van der Waals surface area contributed by atoms with Crippen LogP contribution in [-0.4, -0.2) is 83.0 Å². The molecule has 13 nitrogen and oxygen atoms in total. The van der Waals surface area contributed by atoms with Crippen molar-refractivity contribution in [2.45, 2.75) is 58.3 Å². The smallest absolute Gasteiger partial charge is 0.303 e. The second kappa shape index (κ2) is 12.2. The number of ether oxygens (including phenoxy) is 7. The second-order valence-corrected chi connectivity index (χ2v) is 10.4. The van der Waals surface area contributed by atoms with Gasteiger partial charge in [-0.15, -0.1) is 0 Å². The Morgan fingerprint density at radius 1 is 0.950 bits per heavy atom. The lowest BCUT2D eigenvalue weighted by atomic mass is 9.96. The molecule has 3 aliphatic rings. The zero-order valence-corrected chi connectivity index (χ0v) is 23.4. The van der Waals surface area contributed by atoms with Crippen LogP contribution in [0.1, 0.15) is 33.3 Å². The molecule has 214 valence electrons. The number of thiocarbonyl (C=S) groups is 1. The lowest BCUT2D eigenvalue weighted by Gasteiger charge is -2.46. The van der Waals surface area contributed by atoms with E-state index in [1.807, 2.05) is 0 Å². The van der Waals surface area contributed by atoms with Gasteiger partial charge in [-0.1, -0.05) is 30.0 Å². The van der Waals surface area contributed by atoms with Gasteiger partial charge < -0.3 is 33.2 Å². The van der Waals surface area contributed by atoms with Crippen LogP contribution >= 0.6 is 24.0 Å². The van der Waals surface area contributed by atoms with Gasteiger partial charge in [-0.2, -0.15) is 0 Å². The predicted molar refractivity (Wildman–Crippen MR) is 140 cm³/mol. The number of nitrogens with zero attached hydrogens (tertiary/aromatic N) is 1. The van der Waals surface area contributed by atoms with Crippen LogP contribution in [0.25, 0.3) is 6.08 Å². The van der Waals surface area contributed by atoms with Crippen LogP contribution in [0.3, 0.4) is 0 Å². The Kier molecular flexibility index (Phi) is 8.95. The Morgan fingerprint density at radius 3 is 2.23 bits per heavy atom. The molecule has 1 aromatic carbocycles. The van der Waals surface area contributed by atoms with Crippen molar-refractivity contribution in [1.82, 2.24) is 4.90 Å². The zero-order chi connectivity index (χ0) is 29.1. The SMILES string of the molecule is CC(=O)OC[C@@H]1O[C@H](N2C(=O)/C(=C\c3ccc4c(c3)OCO4)SC2=S)[C@H](OC(C)=O)[C@H](OC(C)=O)[C@H]1OC(C)=O. The monoisotopic (exact) mass is 595 g/mol. The molecule has 40 heavy (non-hydrogen) atoms. The molecule has 4 rings (SSSR count). The normalized spacial score (nSPS) is 26.4. The summed E-state index contributed by atoms with van der Waals surface area (Å²) in [6.45, 7) is 4.14. The maximum atomic E-state index is 13.6. The van der Waals surface area contributed by atoms with E-state index in [1.165, 1.54) is 0 Å². The van der Waals surface area contributed by atoms with E-state index in [9.17, 15) is 24.0 Å². The summed E-state index contributed by atoms with van der Waals surface area (Å²) in [4.78, 5) is 62.6. The summed E-state index contributed by atoms with van der Waals surface area (Å²) in [5, 5.41) is 0. The molecule has 2 saturated heterocycles. The molecular weight excluding hydrogens is 570 g/mol. The van der Waals surface area contributed by atoms with Gasteiger partial charge in [0.1, 0.15) is 12.7 Å². The maximum Gasteiger partial charge on any atom is 0.303 e. The summed E-state index contributed by atoms with van der Waals surface area (Å²) in [6.07, 6.45) is -5.33. The molecular formula is C25H25NO12S2. The average Bonchev–Trinajstić information content (AvgIpc) is 3.43. The van der Waals surface area contributed by atoms with Crippen molar-refractivity contribution in [3.05, 3.63) is 28.7 Å². The highest BCUT2D eigenvalue weighted by Crippen LogP contribution is 2.40. The van der Waals surface area contributed by atoms with Crippen LogP contribution in [0.15, 0.2) is 23.1 Å². The summed E-state index contributed by atoms with van der Waals surface area (Å²) in [6, 6.07) is 5.13. The first-order valence-corrected chi connectivity index (χ1v) is 13.1. The molecule has 3 aliphatic heterocycles. The van der Waals surface area contributed by atoms with Gasteiger partial charge in [0.2, 0.25) is 6.79 Å². The highest BCUT2D eigenvalue weighted by atomic mass is 32.2. The van der Waals surface area contributed by atoms with Gasteiger partial charge >= 0.3 is 23.9 Å². The molecule has 0 saturated carbocycles. The van der Waals surface area contributed by atoms with Crippen LogP contribution in [0.5, 0.6) is 11.5 Å². The number of hydrogen-bond donors (Lipinski definition) is 0. The Hall–Kier alpha value is -3.69. The van der Waals surface area contributed by atoms with Crippen molar-refractivity contribution in [3.63, 3.8) is 0 Å². The molecule has 2 fully saturated rings. The molecule has 0 spiro atoms. The number of carbonyl (C=O) groups is 5. The fourth-order valence-electron chi connectivity index (χ4n) is 4.27. The summed E-state index contributed by atoms with van der Waals surface area (Å²) in [5.41, 5.74) is 0.631. The van der Waals surface area contributed by atoms with Gasteiger partial charge in [0.05, 0.1) is 4.91 Å². The molecule has 5 atom stereocenters. The van der Waals surface area contributed by atoms with Crippen molar-refractivity contribution in [3.8, 4) is 11.5 Å². The van der Waals surface area contributed by atoms with E-state index in [-0.39, 0.29) is 16.0 Å². The minimum absolute atomic E-state index is 0.0536. The summed E-state index contributed by atoms with van der Waals surface area (Å²) in [5.74, 6) is -2.52. The first-order valence-electron chi connectivity index (χ1n) is 11.9. The molecule has 0 radical (unpaired) electrons. The number of fused-ring (bicyclic) bond motifs is 1. The molecule has 0 unspecified atom stereocenters. The quantitative estimate of drug-likeness (QED) is 0.194. The van der Waals surface area contributed by atoms with E-state index in [0.717, 1.165) is 44.4 Å². The number of hydrogen-bond acceptors (Lipinski definition) is 14. The fraction of sp³-hybridized carbons (Fsp3) is 0.440. The summed E-state index contributed by atoms with van der Waals surface area (Å²) >= 11 is 6.46.